The monoisotopic (exact) mass is 266 g/mol. The molecule has 1 saturated heterocycles. The van der Waals surface area contributed by atoms with Crippen molar-refractivity contribution in [3.8, 4) is 5.75 Å². The number of carbonyl (C=O) groups excluding carboxylic acids is 1. The summed E-state index contributed by atoms with van der Waals surface area (Å²) in [4.78, 5) is 12.1. The SMILES string of the molecule is COc1c(C)cc(C)cc1NC(=O)C1CSCN1. The molecule has 2 N–H and O–H groups in total. The van der Waals surface area contributed by atoms with E-state index in [-0.39, 0.29) is 11.9 Å². The van der Waals surface area contributed by atoms with Crippen molar-refractivity contribution in [1.82, 2.24) is 5.32 Å². The van der Waals surface area contributed by atoms with Crippen LogP contribution in [-0.2, 0) is 4.79 Å². The lowest BCUT2D eigenvalue weighted by molar-refractivity contribution is -0.117. The van der Waals surface area contributed by atoms with Crippen molar-refractivity contribution in [2.75, 3.05) is 24.1 Å². The number of benzene rings is 1. The Morgan fingerprint density at radius 3 is 2.89 bits per heavy atom. The molecule has 1 aliphatic heterocycles. The first-order valence-electron chi connectivity index (χ1n) is 5.89. The van der Waals surface area contributed by atoms with Gasteiger partial charge in [-0.15, -0.1) is 11.8 Å². The van der Waals surface area contributed by atoms with E-state index in [0.29, 0.717) is 0 Å². The van der Waals surface area contributed by atoms with Crippen molar-refractivity contribution >= 4 is 23.4 Å². The fraction of sp³-hybridized carbons (Fsp3) is 0.462. The smallest absolute Gasteiger partial charge is 0.242 e. The largest absolute Gasteiger partial charge is 0.494 e. The first kappa shape index (κ1) is 13.2. The molecule has 1 amide bonds. The second kappa shape index (κ2) is 5.63. The molecule has 0 aromatic heterocycles. The van der Waals surface area contributed by atoms with Gasteiger partial charge in [-0.3, -0.25) is 10.1 Å². The molecule has 5 heteroatoms. The molecular formula is C13H18N2O2S. The van der Waals surface area contributed by atoms with Gasteiger partial charge in [0.15, 0.2) is 0 Å². The van der Waals surface area contributed by atoms with Gasteiger partial charge < -0.3 is 10.1 Å². The van der Waals surface area contributed by atoms with E-state index in [1.165, 1.54) is 0 Å². The average Bonchev–Trinajstić information content (AvgIpc) is 2.81. The first-order valence-corrected chi connectivity index (χ1v) is 7.04. The Balaban J connectivity index is 2.19. The quantitative estimate of drug-likeness (QED) is 0.877. The maximum atomic E-state index is 12.1. The number of ether oxygens (including phenoxy) is 1. The summed E-state index contributed by atoms with van der Waals surface area (Å²) in [5.74, 6) is 2.39. The van der Waals surface area contributed by atoms with Gasteiger partial charge in [0, 0.05) is 11.6 Å². The minimum absolute atomic E-state index is 0.00306. The lowest BCUT2D eigenvalue weighted by Gasteiger charge is -2.16. The van der Waals surface area contributed by atoms with Crippen LogP contribution in [0.1, 0.15) is 11.1 Å². The van der Waals surface area contributed by atoms with E-state index in [1.807, 2.05) is 26.0 Å². The van der Waals surface area contributed by atoms with E-state index in [0.717, 1.165) is 34.2 Å². The van der Waals surface area contributed by atoms with Gasteiger partial charge in [-0.2, -0.15) is 0 Å². The van der Waals surface area contributed by atoms with Crippen molar-refractivity contribution in [2.24, 2.45) is 0 Å². The third kappa shape index (κ3) is 2.79. The maximum Gasteiger partial charge on any atom is 0.242 e. The molecule has 0 radical (unpaired) electrons. The van der Waals surface area contributed by atoms with E-state index in [4.69, 9.17) is 4.74 Å². The van der Waals surface area contributed by atoms with Crippen LogP contribution in [0.3, 0.4) is 0 Å². The summed E-state index contributed by atoms with van der Waals surface area (Å²) in [5.41, 5.74) is 2.89. The fourth-order valence-corrected chi connectivity index (χ4v) is 3.04. The van der Waals surface area contributed by atoms with Gasteiger partial charge in [0.2, 0.25) is 5.91 Å². The Bertz CT molecular complexity index is 457. The molecule has 1 heterocycles. The molecule has 98 valence electrons. The summed E-state index contributed by atoms with van der Waals surface area (Å²) >= 11 is 1.73. The lowest BCUT2D eigenvalue weighted by atomic mass is 10.1. The minimum Gasteiger partial charge on any atom is -0.494 e. The molecule has 0 saturated carbocycles. The van der Waals surface area contributed by atoms with Crippen LogP contribution in [0.5, 0.6) is 5.75 Å². The van der Waals surface area contributed by atoms with Crippen LogP contribution in [0.15, 0.2) is 12.1 Å². The second-order valence-corrected chi connectivity index (χ2v) is 5.45. The summed E-state index contributed by atoms with van der Waals surface area (Å²) in [6.07, 6.45) is 0. The van der Waals surface area contributed by atoms with Gasteiger partial charge in [0.25, 0.3) is 0 Å². The lowest BCUT2D eigenvalue weighted by Crippen LogP contribution is -2.37. The Morgan fingerprint density at radius 2 is 2.28 bits per heavy atom. The zero-order valence-corrected chi connectivity index (χ0v) is 11.7. The van der Waals surface area contributed by atoms with Crippen molar-refractivity contribution in [1.29, 1.82) is 0 Å². The summed E-state index contributed by atoms with van der Waals surface area (Å²) in [5, 5.41) is 6.10. The number of amides is 1. The zero-order chi connectivity index (χ0) is 13.1. The number of aryl methyl sites for hydroxylation is 2. The summed E-state index contributed by atoms with van der Waals surface area (Å²) in [6, 6.07) is 3.87. The zero-order valence-electron chi connectivity index (χ0n) is 10.9. The van der Waals surface area contributed by atoms with Gasteiger partial charge >= 0.3 is 0 Å². The molecule has 1 fully saturated rings. The van der Waals surface area contributed by atoms with Gasteiger partial charge in [-0.25, -0.2) is 0 Å². The third-order valence-electron chi connectivity index (χ3n) is 2.91. The van der Waals surface area contributed by atoms with Gasteiger partial charge in [-0.05, 0) is 31.0 Å². The molecule has 1 aromatic carbocycles. The van der Waals surface area contributed by atoms with Gasteiger partial charge in [-0.1, -0.05) is 6.07 Å². The number of rotatable bonds is 3. The number of hydrogen-bond acceptors (Lipinski definition) is 4. The highest BCUT2D eigenvalue weighted by Crippen LogP contribution is 2.30. The van der Waals surface area contributed by atoms with E-state index in [1.54, 1.807) is 18.9 Å². The molecule has 0 bridgehead atoms. The number of hydrogen-bond donors (Lipinski definition) is 2. The van der Waals surface area contributed by atoms with E-state index < -0.39 is 0 Å². The summed E-state index contributed by atoms with van der Waals surface area (Å²) in [6.45, 7) is 3.98. The topological polar surface area (TPSA) is 50.4 Å². The molecule has 1 unspecified atom stereocenters. The Labute approximate surface area is 111 Å². The van der Waals surface area contributed by atoms with Crippen molar-refractivity contribution in [3.05, 3.63) is 23.3 Å². The average molecular weight is 266 g/mol. The predicted octanol–water partition coefficient (Wildman–Crippen LogP) is 1.91. The molecule has 2 rings (SSSR count). The Kier molecular flexibility index (Phi) is 4.14. The first-order chi connectivity index (χ1) is 8.61. The van der Waals surface area contributed by atoms with Gasteiger partial charge in [0.1, 0.15) is 5.75 Å². The number of carbonyl (C=O) groups is 1. The minimum atomic E-state index is -0.111. The van der Waals surface area contributed by atoms with E-state index in [2.05, 4.69) is 10.6 Å². The predicted molar refractivity (Wildman–Crippen MR) is 75.3 cm³/mol. The van der Waals surface area contributed by atoms with Crippen LogP contribution in [0.2, 0.25) is 0 Å². The van der Waals surface area contributed by atoms with Crippen LogP contribution in [-0.4, -0.2) is 30.7 Å². The third-order valence-corrected chi connectivity index (χ3v) is 3.85. The molecule has 1 aromatic rings. The molecule has 0 spiro atoms. The van der Waals surface area contributed by atoms with Crippen LogP contribution in [0, 0.1) is 13.8 Å². The highest BCUT2D eigenvalue weighted by Gasteiger charge is 2.23. The summed E-state index contributed by atoms with van der Waals surface area (Å²) in [7, 11) is 1.62. The number of thioether (sulfide) groups is 1. The molecule has 1 aliphatic rings. The number of methoxy groups -OCH3 is 1. The maximum absolute atomic E-state index is 12.1. The highest BCUT2D eigenvalue weighted by molar-refractivity contribution is 7.99. The normalized spacial score (nSPS) is 18.7. The van der Waals surface area contributed by atoms with Crippen LogP contribution < -0.4 is 15.4 Å². The van der Waals surface area contributed by atoms with Crippen LogP contribution in [0.25, 0.3) is 0 Å². The van der Waals surface area contributed by atoms with Crippen molar-refractivity contribution in [2.45, 2.75) is 19.9 Å². The molecule has 1 atom stereocenters. The van der Waals surface area contributed by atoms with E-state index in [9.17, 15) is 4.79 Å². The van der Waals surface area contributed by atoms with Crippen molar-refractivity contribution < 1.29 is 9.53 Å². The van der Waals surface area contributed by atoms with E-state index >= 15 is 0 Å². The number of anilines is 1. The standard InChI is InChI=1S/C13H18N2O2S/c1-8-4-9(2)12(17-3)10(5-8)15-13(16)11-6-18-7-14-11/h4-5,11,14H,6-7H2,1-3H3,(H,15,16). The van der Waals surface area contributed by atoms with Crippen LogP contribution in [0.4, 0.5) is 5.69 Å². The molecule has 18 heavy (non-hydrogen) atoms. The Hall–Kier alpha value is -1.20. The highest BCUT2D eigenvalue weighted by atomic mass is 32.2. The molecule has 4 nitrogen and oxygen atoms in total. The summed E-state index contributed by atoms with van der Waals surface area (Å²) < 4.78 is 5.35. The van der Waals surface area contributed by atoms with Gasteiger partial charge in [0.05, 0.1) is 18.8 Å². The Morgan fingerprint density at radius 1 is 1.50 bits per heavy atom. The fourth-order valence-electron chi connectivity index (χ4n) is 2.10. The molecule has 0 aliphatic carbocycles. The van der Waals surface area contributed by atoms with Crippen LogP contribution >= 0.6 is 11.8 Å². The number of nitrogens with one attached hydrogen (secondary N) is 2. The van der Waals surface area contributed by atoms with Crippen molar-refractivity contribution in [3.63, 3.8) is 0 Å². The molecular weight excluding hydrogens is 248 g/mol. The second-order valence-electron chi connectivity index (χ2n) is 4.42.